The van der Waals surface area contributed by atoms with Gasteiger partial charge in [-0.25, -0.2) is 9.13 Å². The molecule has 17 nitrogen and oxygen atoms in total. The van der Waals surface area contributed by atoms with Gasteiger partial charge in [-0.05, 0) is 49.4 Å². The highest BCUT2D eigenvalue weighted by atomic mass is 31.2. The average molecular weight is 1230 g/mol. The molecule has 0 aromatic carbocycles. The molecular weight excluding hydrogens is 1100 g/mol. The van der Waals surface area contributed by atoms with Crippen LogP contribution in [0.4, 0.5) is 0 Å². The summed E-state index contributed by atoms with van der Waals surface area (Å²) in [5.41, 5.74) is 0. The van der Waals surface area contributed by atoms with Crippen LogP contribution >= 0.6 is 15.6 Å². The Bertz CT molecular complexity index is 1660. The number of phosphoric ester groups is 2. The van der Waals surface area contributed by atoms with Crippen molar-refractivity contribution in [3.8, 4) is 0 Å². The third-order valence-corrected chi connectivity index (χ3v) is 16.5. The lowest BCUT2D eigenvalue weighted by Gasteiger charge is -2.21. The number of phosphoric acid groups is 2. The van der Waals surface area contributed by atoms with Crippen molar-refractivity contribution >= 4 is 39.5 Å². The Labute approximate surface area is 505 Å². The van der Waals surface area contributed by atoms with Crippen LogP contribution < -0.4 is 0 Å². The Kier molecular flexibility index (Phi) is 53.0. The van der Waals surface area contributed by atoms with E-state index in [1.54, 1.807) is 0 Å². The van der Waals surface area contributed by atoms with Crippen LogP contribution in [0.15, 0.2) is 0 Å². The number of hydrogen-bond acceptors (Lipinski definition) is 15. The standard InChI is InChI=1S/C64H124O17P2/c1-54(2)40-32-24-16-11-9-10-12-19-28-36-44-61(66)74-50-59(81-64(69)47-39-31-21-15-18-26-34-42-56(5)6)52-78-82(70,71)76-48-58(65)49-77-83(72,73)79-53-60(51-75-62(67)45-37-29-23-22-27-35-43-57(7)8)80-63(68)46-38-30-20-14-13-17-25-33-41-55(3)4/h54-60,65H,9-53H2,1-8H3,(H,70,71)(H,72,73)/t58-,59-,60-/m1/s1. The van der Waals surface area contributed by atoms with Gasteiger partial charge in [-0.2, -0.15) is 0 Å². The molecule has 0 heterocycles. The number of carbonyl (C=O) groups is 4. The first-order valence-electron chi connectivity index (χ1n) is 33.2. The molecule has 492 valence electrons. The fourth-order valence-electron chi connectivity index (χ4n) is 9.43. The van der Waals surface area contributed by atoms with Crippen molar-refractivity contribution in [3.05, 3.63) is 0 Å². The van der Waals surface area contributed by atoms with E-state index < -0.39 is 97.5 Å². The number of rotatable bonds is 61. The minimum atomic E-state index is -4.94. The second-order valence-electron chi connectivity index (χ2n) is 25.1. The molecule has 83 heavy (non-hydrogen) atoms. The zero-order valence-corrected chi connectivity index (χ0v) is 55.6. The minimum absolute atomic E-state index is 0.102. The minimum Gasteiger partial charge on any atom is -0.462 e. The quantitative estimate of drug-likeness (QED) is 0.0222. The zero-order chi connectivity index (χ0) is 61.8. The summed E-state index contributed by atoms with van der Waals surface area (Å²) in [7, 11) is -9.89. The van der Waals surface area contributed by atoms with Gasteiger partial charge in [0.2, 0.25) is 0 Å². The lowest BCUT2D eigenvalue weighted by Crippen LogP contribution is -2.30. The first kappa shape index (κ1) is 81.1. The number of hydrogen-bond donors (Lipinski definition) is 3. The van der Waals surface area contributed by atoms with E-state index in [2.05, 4.69) is 55.4 Å². The Morgan fingerprint density at radius 1 is 0.301 bits per heavy atom. The molecule has 0 radical (unpaired) electrons. The summed E-state index contributed by atoms with van der Waals surface area (Å²) in [6, 6.07) is 0. The number of aliphatic hydroxyl groups is 1. The van der Waals surface area contributed by atoms with Gasteiger partial charge in [-0.1, -0.05) is 254 Å². The third-order valence-electron chi connectivity index (χ3n) is 14.6. The summed E-state index contributed by atoms with van der Waals surface area (Å²) >= 11 is 0. The number of aliphatic hydroxyl groups excluding tert-OH is 1. The molecule has 0 aromatic heterocycles. The normalized spacial score (nSPS) is 14.4. The van der Waals surface area contributed by atoms with E-state index in [0.717, 1.165) is 108 Å². The lowest BCUT2D eigenvalue weighted by molar-refractivity contribution is -0.161. The first-order valence-corrected chi connectivity index (χ1v) is 36.2. The van der Waals surface area contributed by atoms with Gasteiger partial charge >= 0.3 is 39.5 Å². The average Bonchev–Trinajstić information content (AvgIpc) is 3.41. The van der Waals surface area contributed by atoms with Crippen molar-refractivity contribution in [1.82, 2.24) is 0 Å². The van der Waals surface area contributed by atoms with Crippen LogP contribution in [0.2, 0.25) is 0 Å². The van der Waals surface area contributed by atoms with Gasteiger partial charge in [0.25, 0.3) is 0 Å². The maximum atomic E-state index is 13.0. The molecule has 2 unspecified atom stereocenters. The lowest BCUT2D eigenvalue weighted by atomic mass is 10.0. The van der Waals surface area contributed by atoms with Gasteiger partial charge in [0.05, 0.1) is 26.4 Å². The second kappa shape index (κ2) is 54.2. The van der Waals surface area contributed by atoms with Gasteiger partial charge in [-0.15, -0.1) is 0 Å². The number of ether oxygens (including phenoxy) is 4. The van der Waals surface area contributed by atoms with Crippen molar-refractivity contribution in [2.75, 3.05) is 39.6 Å². The summed E-state index contributed by atoms with van der Waals surface area (Å²) in [4.78, 5) is 72.2. The largest absolute Gasteiger partial charge is 0.472 e. The molecule has 0 aliphatic carbocycles. The van der Waals surface area contributed by atoms with E-state index >= 15 is 0 Å². The summed E-state index contributed by atoms with van der Waals surface area (Å²) in [5, 5.41) is 10.5. The Morgan fingerprint density at radius 2 is 0.506 bits per heavy atom. The van der Waals surface area contributed by atoms with Crippen molar-refractivity contribution in [2.24, 2.45) is 23.7 Å². The monoisotopic (exact) mass is 1230 g/mol. The summed E-state index contributed by atoms with van der Waals surface area (Å²) < 4.78 is 67.9. The third kappa shape index (κ3) is 58.8. The highest BCUT2D eigenvalue weighted by molar-refractivity contribution is 7.47. The predicted octanol–water partition coefficient (Wildman–Crippen LogP) is 17.4. The van der Waals surface area contributed by atoms with Gasteiger partial charge in [0, 0.05) is 25.7 Å². The topological polar surface area (TPSA) is 237 Å². The molecule has 0 saturated heterocycles. The molecule has 0 aliphatic rings. The zero-order valence-electron chi connectivity index (χ0n) is 53.8. The Hall–Kier alpha value is -1.94. The first-order chi connectivity index (χ1) is 39.6. The summed E-state index contributed by atoms with van der Waals surface area (Å²) in [5.74, 6) is 0.709. The van der Waals surface area contributed by atoms with Crippen molar-refractivity contribution < 1.29 is 80.2 Å². The Morgan fingerprint density at radius 3 is 0.747 bits per heavy atom. The van der Waals surface area contributed by atoms with Crippen LogP contribution in [0, 0.1) is 23.7 Å². The SMILES string of the molecule is CC(C)CCCCCCCCCCCCC(=O)OC[C@H](COP(=O)(O)OC[C@@H](O)COP(=O)(O)OC[C@@H](COC(=O)CCCCCCCCC(C)C)OC(=O)CCCCCCCCCCC(C)C)OC(=O)CCCCCCCCCC(C)C. The molecule has 0 rings (SSSR count). The number of unbranched alkanes of at least 4 members (excludes halogenated alkanes) is 27. The molecule has 0 aromatic rings. The molecular formula is C64H124O17P2. The van der Waals surface area contributed by atoms with Crippen LogP contribution in [0.25, 0.3) is 0 Å². The molecule has 0 bridgehead atoms. The van der Waals surface area contributed by atoms with E-state index in [0.29, 0.717) is 37.5 Å². The predicted molar refractivity (Wildman–Crippen MR) is 331 cm³/mol. The van der Waals surface area contributed by atoms with Crippen LogP contribution in [0.5, 0.6) is 0 Å². The maximum absolute atomic E-state index is 13.0. The van der Waals surface area contributed by atoms with E-state index in [9.17, 15) is 43.2 Å². The van der Waals surface area contributed by atoms with Crippen molar-refractivity contribution in [3.63, 3.8) is 0 Å². The molecule has 0 fully saturated rings. The van der Waals surface area contributed by atoms with E-state index in [1.165, 1.54) is 103 Å². The molecule has 0 spiro atoms. The molecule has 19 heteroatoms. The molecule has 0 saturated carbocycles. The summed E-state index contributed by atoms with van der Waals surface area (Å²) in [6.45, 7) is 13.9. The van der Waals surface area contributed by atoms with Crippen LogP contribution in [-0.2, 0) is 65.4 Å². The highest BCUT2D eigenvalue weighted by Gasteiger charge is 2.30. The van der Waals surface area contributed by atoms with Crippen LogP contribution in [0.3, 0.4) is 0 Å². The van der Waals surface area contributed by atoms with Gasteiger partial charge < -0.3 is 33.8 Å². The maximum Gasteiger partial charge on any atom is 0.472 e. The summed E-state index contributed by atoms with van der Waals surface area (Å²) in [6.07, 6.45) is 33.7. The second-order valence-corrected chi connectivity index (χ2v) is 28.0. The Balaban J connectivity index is 5.24. The van der Waals surface area contributed by atoms with Gasteiger partial charge in [0.15, 0.2) is 12.2 Å². The molecule has 0 amide bonds. The fraction of sp³-hybridized carbons (Fsp3) is 0.938. The van der Waals surface area contributed by atoms with E-state index in [1.807, 2.05) is 0 Å². The van der Waals surface area contributed by atoms with Crippen LogP contribution in [0.1, 0.15) is 306 Å². The number of esters is 4. The molecule has 5 atom stereocenters. The van der Waals surface area contributed by atoms with Crippen LogP contribution in [-0.4, -0.2) is 96.7 Å². The smallest absolute Gasteiger partial charge is 0.462 e. The van der Waals surface area contributed by atoms with Crippen molar-refractivity contribution in [2.45, 2.75) is 324 Å². The number of carbonyl (C=O) groups excluding carboxylic acids is 4. The van der Waals surface area contributed by atoms with Gasteiger partial charge in [-0.3, -0.25) is 37.3 Å². The molecule has 3 N–H and O–H groups in total. The fourth-order valence-corrected chi connectivity index (χ4v) is 11.0. The van der Waals surface area contributed by atoms with Crippen molar-refractivity contribution in [1.29, 1.82) is 0 Å². The van der Waals surface area contributed by atoms with E-state index in [-0.39, 0.29) is 25.7 Å². The molecule has 0 aliphatic heterocycles. The van der Waals surface area contributed by atoms with E-state index in [4.69, 9.17) is 37.0 Å². The highest BCUT2D eigenvalue weighted by Crippen LogP contribution is 2.45. The van der Waals surface area contributed by atoms with Gasteiger partial charge in [0.1, 0.15) is 19.3 Å².